The van der Waals surface area contributed by atoms with Crippen LogP contribution in [0.4, 0.5) is 5.95 Å². The zero-order valence-corrected chi connectivity index (χ0v) is 15.1. The number of hydrogen-bond acceptors (Lipinski definition) is 5. The molecule has 2 aromatic heterocycles. The van der Waals surface area contributed by atoms with Crippen LogP contribution in [0.25, 0.3) is 22.5 Å². The predicted molar refractivity (Wildman–Crippen MR) is 99.8 cm³/mol. The molecule has 0 aliphatic rings. The fraction of sp³-hybridized carbons (Fsp3) is 0.176. The average Bonchev–Trinajstić information content (AvgIpc) is 2.57. The van der Waals surface area contributed by atoms with Gasteiger partial charge in [0.25, 0.3) is 5.56 Å². The molecule has 0 aliphatic carbocycles. The van der Waals surface area contributed by atoms with Crippen LogP contribution in [0.5, 0.6) is 0 Å². The molecule has 2 heterocycles. The van der Waals surface area contributed by atoms with Crippen LogP contribution in [0.2, 0.25) is 10.0 Å². The van der Waals surface area contributed by atoms with E-state index < -0.39 is 0 Å². The second-order valence-corrected chi connectivity index (χ2v) is 6.53. The van der Waals surface area contributed by atoms with Gasteiger partial charge in [-0.2, -0.15) is 5.10 Å². The molecule has 0 aliphatic heterocycles. The Balaban J connectivity index is 2.23. The van der Waals surface area contributed by atoms with Crippen LogP contribution in [0, 0.1) is 0 Å². The molecule has 128 valence electrons. The van der Waals surface area contributed by atoms with Gasteiger partial charge in [-0.15, -0.1) is 0 Å². The summed E-state index contributed by atoms with van der Waals surface area (Å²) in [6.07, 6.45) is 1.58. The van der Waals surface area contributed by atoms with E-state index in [-0.39, 0.29) is 17.5 Å². The molecule has 2 N–H and O–H groups in total. The summed E-state index contributed by atoms with van der Waals surface area (Å²) < 4.78 is 1.41. The molecule has 0 bridgehead atoms. The number of nitrogens with two attached hydrogens (primary N) is 1. The SMILES string of the molecule is CC(C)n1nc(-c2cnc(N)nc2-c2ccc(Cl)c(Cl)c2)ccc1=O. The minimum absolute atomic E-state index is 0.0735. The zero-order chi connectivity index (χ0) is 18.1. The van der Waals surface area contributed by atoms with Crippen molar-refractivity contribution in [2.24, 2.45) is 0 Å². The lowest BCUT2D eigenvalue weighted by Gasteiger charge is -2.13. The molecule has 0 spiro atoms. The maximum Gasteiger partial charge on any atom is 0.267 e. The third-order valence-electron chi connectivity index (χ3n) is 3.59. The molecule has 0 amide bonds. The number of aromatic nitrogens is 4. The van der Waals surface area contributed by atoms with Gasteiger partial charge >= 0.3 is 0 Å². The number of nitrogens with zero attached hydrogens (tertiary/aromatic N) is 4. The summed E-state index contributed by atoms with van der Waals surface area (Å²) in [6, 6.07) is 8.21. The summed E-state index contributed by atoms with van der Waals surface area (Å²) in [5, 5.41) is 5.27. The van der Waals surface area contributed by atoms with Crippen molar-refractivity contribution in [2.45, 2.75) is 19.9 Å². The average molecular weight is 376 g/mol. The van der Waals surface area contributed by atoms with E-state index in [2.05, 4.69) is 15.1 Å². The monoisotopic (exact) mass is 375 g/mol. The van der Waals surface area contributed by atoms with E-state index in [1.54, 1.807) is 30.5 Å². The Morgan fingerprint density at radius 3 is 2.56 bits per heavy atom. The van der Waals surface area contributed by atoms with Gasteiger partial charge in [0.1, 0.15) is 0 Å². The Morgan fingerprint density at radius 2 is 1.88 bits per heavy atom. The largest absolute Gasteiger partial charge is 0.368 e. The lowest BCUT2D eigenvalue weighted by atomic mass is 10.0. The molecule has 0 saturated heterocycles. The highest BCUT2D eigenvalue weighted by atomic mass is 35.5. The summed E-state index contributed by atoms with van der Waals surface area (Å²) in [5.74, 6) is 0.127. The van der Waals surface area contributed by atoms with Crippen LogP contribution in [0.1, 0.15) is 19.9 Å². The molecule has 3 rings (SSSR count). The number of nitrogen functional groups attached to an aromatic ring is 1. The first-order valence-corrected chi connectivity index (χ1v) is 8.30. The molecular weight excluding hydrogens is 361 g/mol. The van der Waals surface area contributed by atoms with Crippen molar-refractivity contribution in [2.75, 3.05) is 5.73 Å². The van der Waals surface area contributed by atoms with Gasteiger partial charge in [0.15, 0.2) is 0 Å². The normalized spacial score (nSPS) is 11.1. The first-order chi connectivity index (χ1) is 11.9. The third-order valence-corrected chi connectivity index (χ3v) is 4.33. The van der Waals surface area contributed by atoms with Crippen LogP contribution in [0.3, 0.4) is 0 Å². The van der Waals surface area contributed by atoms with E-state index in [0.717, 1.165) is 5.56 Å². The molecule has 25 heavy (non-hydrogen) atoms. The van der Waals surface area contributed by atoms with Crippen LogP contribution in [-0.2, 0) is 0 Å². The van der Waals surface area contributed by atoms with E-state index in [1.165, 1.54) is 10.7 Å². The minimum atomic E-state index is -0.175. The number of halogens is 2. The van der Waals surface area contributed by atoms with Crippen LogP contribution < -0.4 is 11.3 Å². The minimum Gasteiger partial charge on any atom is -0.368 e. The molecule has 0 radical (unpaired) electrons. The highest BCUT2D eigenvalue weighted by molar-refractivity contribution is 6.42. The van der Waals surface area contributed by atoms with Gasteiger partial charge in [-0.05, 0) is 32.0 Å². The highest BCUT2D eigenvalue weighted by Gasteiger charge is 2.15. The Kier molecular flexibility index (Phi) is 4.74. The maximum atomic E-state index is 12.0. The predicted octanol–water partition coefficient (Wildman–Crippen LogP) is 3.84. The van der Waals surface area contributed by atoms with Gasteiger partial charge in [0.05, 0.1) is 27.5 Å². The van der Waals surface area contributed by atoms with Crippen molar-refractivity contribution >= 4 is 29.2 Å². The van der Waals surface area contributed by atoms with E-state index in [1.807, 2.05) is 13.8 Å². The number of benzene rings is 1. The Labute approximate surface area is 154 Å². The first-order valence-electron chi connectivity index (χ1n) is 7.55. The van der Waals surface area contributed by atoms with Gasteiger partial charge < -0.3 is 5.73 Å². The van der Waals surface area contributed by atoms with Crippen molar-refractivity contribution in [1.82, 2.24) is 19.7 Å². The molecule has 6 nitrogen and oxygen atoms in total. The molecule has 0 atom stereocenters. The number of rotatable bonds is 3. The fourth-order valence-corrected chi connectivity index (χ4v) is 2.68. The van der Waals surface area contributed by atoms with E-state index in [9.17, 15) is 4.79 Å². The lowest BCUT2D eigenvalue weighted by Crippen LogP contribution is -2.24. The quantitative estimate of drug-likeness (QED) is 0.751. The molecule has 0 unspecified atom stereocenters. The van der Waals surface area contributed by atoms with Gasteiger partial charge in [-0.3, -0.25) is 4.79 Å². The van der Waals surface area contributed by atoms with E-state index in [0.29, 0.717) is 27.0 Å². The van der Waals surface area contributed by atoms with Gasteiger partial charge in [0, 0.05) is 23.4 Å². The molecule has 0 saturated carbocycles. The van der Waals surface area contributed by atoms with Crippen LogP contribution >= 0.6 is 23.2 Å². The Hall–Kier alpha value is -2.44. The van der Waals surface area contributed by atoms with Gasteiger partial charge in [-0.25, -0.2) is 14.6 Å². The summed E-state index contributed by atoms with van der Waals surface area (Å²) in [6.45, 7) is 3.77. The molecule has 8 heteroatoms. The number of hydrogen-bond donors (Lipinski definition) is 1. The number of anilines is 1. The van der Waals surface area contributed by atoms with Crippen molar-refractivity contribution < 1.29 is 0 Å². The van der Waals surface area contributed by atoms with Crippen molar-refractivity contribution in [3.8, 4) is 22.5 Å². The Morgan fingerprint density at radius 1 is 1.12 bits per heavy atom. The van der Waals surface area contributed by atoms with E-state index >= 15 is 0 Å². The van der Waals surface area contributed by atoms with Gasteiger partial charge in [-0.1, -0.05) is 29.3 Å². The van der Waals surface area contributed by atoms with Crippen molar-refractivity contribution in [3.05, 3.63) is 56.9 Å². The fourth-order valence-electron chi connectivity index (χ4n) is 2.39. The standard InChI is InChI=1S/C17H15Cl2N5O/c1-9(2)24-15(25)6-5-14(23-24)11-8-21-17(20)22-16(11)10-3-4-12(18)13(19)7-10/h3-9H,1-2H3,(H2,20,21,22). The van der Waals surface area contributed by atoms with Gasteiger partial charge in [0.2, 0.25) is 5.95 Å². The Bertz CT molecular complexity index is 1000. The molecule has 3 aromatic rings. The third kappa shape index (κ3) is 3.50. The van der Waals surface area contributed by atoms with E-state index in [4.69, 9.17) is 28.9 Å². The summed E-state index contributed by atoms with van der Waals surface area (Å²) in [4.78, 5) is 20.3. The topological polar surface area (TPSA) is 86.7 Å². The smallest absolute Gasteiger partial charge is 0.267 e. The molecule has 0 fully saturated rings. The first kappa shape index (κ1) is 17.4. The summed E-state index contributed by atoms with van der Waals surface area (Å²) in [5.41, 5.74) is 8.07. The lowest BCUT2D eigenvalue weighted by molar-refractivity contribution is 0.505. The maximum absolute atomic E-state index is 12.0. The molecule has 1 aromatic carbocycles. The second-order valence-electron chi connectivity index (χ2n) is 5.71. The van der Waals surface area contributed by atoms with Crippen LogP contribution in [-0.4, -0.2) is 19.7 Å². The van der Waals surface area contributed by atoms with Crippen molar-refractivity contribution in [1.29, 1.82) is 0 Å². The zero-order valence-electron chi connectivity index (χ0n) is 13.6. The summed E-state index contributed by atoms with van der Waals surface area (Å²) >= 11 is 12.1. The summed E-state index contributed by atoms with van der Waals surface area (Å²) in [7, 11) is 0. The van der Waals surface area contributed by atoms with Crippen molar-refractivity contribution in [3.63, 3.8) is 0 Å². The van der Waals surface area contributed by atoms with Crippen LogP contribution in [0.15, 0.2) is 41.3 Å². The second kappa shape index (κ2) is 6.82. The highest BCUT2D eigenvalue weighted by Crippen LogP contribution is 2.33. The molecular formula is C17H15Cl2N5O.